The lowest BCUT2D eigenvalue weighted by Gasteiger charge is -2.37. The Labute approximate surface area is 209 Å². The van der Waals surface area contributed by atoms with Crippen molar-refractivity contribution >= 4 is 61.5 Å². The van der Waals surface area contributed by atoms with Gasteiger partial charge in [0.1, 0.15) is 6.23 Å². The number of benzene rings is 3. The van der Waals surface area contributed by atoms with Crippen molar-refractivity contribution < 1.29 is 23.9 Å². The summed E-state index contributed by atoms with van der Waals surface area (Å²) in [5.74, 6) is -0.501. The molecule has 182 valence electrons. The van der Waals surface area contributed by atoms with Gasteiger partial charge in [0, 0.05) is 41.6 Å². The zero-order valence-electron chi connectivity index (χ0n) is 20.0. The molecule has 2 aromatic heterocycles. The van der Waals surface area contributed by atoms with Crippen LogP contribution in [0, 0.1) is 0 Å². The summed E-state index contributed by atoms with van der Waals surface area (Å²) in [6, 6.07) is 15.9. The van der Waals surface area contributed by atoms with E-state index in [4.69, 9.17) is 9.47 Å². The first-order chi connectivity index (χ1) is 17.9. The molecule has 9 nitrogen and oxygen atoms in total. The van der Waals surface area contributed by atoms with E-state index in [1.54, 1.807) is 0 Å². The SMILES string of the molecule is CN1C(=O)OC2(CC3OC2(C)n2c4ccccc4c4c5c(c6c7ccccc7n3c6c42)C(=O)NC5)C1=O. The van der Waals surface area contributed by atoms with Gasteiger partial charge in [-0.15, -0.1) is 0 Å². The second kappa shape index (κ2) is 5.78. The molecule has 2 saturated heterocycles. The third kappa shape index (κ3) is 1.85. The van der Waals surface area contributed by atoms with Crippen LogP contribution in [-0.4, -0.2) is 44.6 Å². The van der Waals surface area contributed by atoms with E-state index in [9.17, 15) is 14.4 Å². The average Bonchev–Trinajstić information content (AvgIpc) is 3.63. The number of para-hydroxylation sites is 2. The van der Waals surface area contributed by atoms with Crippen LogP contribution in [0.2, 0.25) is 0 Å². The Morgan fingerprint density at radius 2 is 1.65 bits per heavy atom. The summed E-state index contributed by atoms with van der Waals surface area (Å²) < 4.78 is 17.0. The van der Waals surface area contributed by atoms with Crippen LogP contribution in [0.1, 0.15) is 35.5 Å². The van der Waals surface area contributed by atoms with E-state index >= 15 is 0 Å². The number of amides is 3. The maximum absolute atomic E-state index is 13.8. The number of nitrogens with zero attached hydrogens (tertiary/aromatic N) is 3. The molecule has 3 aromatic carbocycles. The smallest absolute Gasteiger partial charge is 0.417 e. The predicted molar refractivity (Wildman–Crippen MR) is 134 cm³/mol. The number of hydrogen-bond donors (Lipinski definition) is 1. The van der Waals surface area contributed by atoms with Crippen molar-refractivity contribution in [2.45, 2.75) is 37.4 Å². The summed E-state index contributed by atoms with van der Waals surface area (Å²) in [6.45, 7) is 2.26. The fourth-order valence-corrected chi connectivity index (χ4v) is 7.47. The summed E-state index contributed by atoms with van der Waals surface area (Å²) in [7, 11) is 1.45. The van der Waals surface area contributed by atoms with E-state index in [-0.39, 0.29) is 12.3 Å². The summed E-state index contributed by atoms with van der Waals surface area (Å²) in [5, 5.41) is 6.80. The summed E-state index contributed by atoms with van der Waals surface area (Å²) in [6.07, 6.45) is -1.12. The molecule has 3 unspecified atom stereocenters. The van der Waals surface area contributed by atoms with Gasteiger partial charge in [-0.1, -0.05) is 36.4 Å². The van der Waals surface area contributed by atoms with Gasteiger partial charge in [-0.2, -0.15) is 0 Å². The minimum absolute atomic E-state index is 0.0869. The number of nitrogens with one attached hydrogen (secondary N) is 1. The number of carbonyl (C=O) groups excluding carboxylic acids is 3. The molecule has 1 spiro atoms. The molecular weight excluding hydrogens is 472 g/mol. The second-order valence-corrected chi connectivity index (χ2v) is 10.5. The number of hydrogen-bond acceptors (Lipinski definition) is 5. The molecule has 1 N–H and O–H groups in total. The summed E-state index contributed by atoms with van der Waals surface area (Å²) in [4.78, 5) is 40.9. The largest absolute Gasteiger partial charge is 0.427 e. The quantitative estimate of drug-likeness (QED) is 0.351. The van der Waals surface area contributed by atoms with E-state index in [1.807, 2.05) is 55.5 Å². The molecule has 2 bridgehead atoms. The molecule has 37 heavy (non-hydrogen) atoms. The zero-order valence-corrected chi connectivity index (χ0v) is 20.0. The Balaban J connectivity index is 1.60. The van der Waals surface area contributed by atoms with Crippen molar-refractivity contribution in [1.29, 1.82) is 0 Å². The lowest BCUT2D eigenvalue weighted by atomic mass is 9.87. The molecule has 9 heteroatoms. The van der Waals surface area contributed by atoms with Crippen LogP contribution in [0.25, 0.3) is 43.6 Å². The third-order valence-corrected chi connectivity index (χ3v) is 8.99. The second-order valence-electron chi connectivity index (χ2n) is 10.5. The number of imide groups is 1. The molecule has 3 atom stereocenters. The van der Waals surface area contributed by atoms with E-state index in [0.29, 0.717) is 12.1 Å². The number of ether oxygens (including phenoxy) is 2. The van der Waals surface area contributed by atoms with Gasteiger partial charge in [0.2, 0.25) is 5.60 Å². The van der Waals surface area contributed by atoms with Crippen molar-refractivity contribution in [1.82, 2.24) is 19.4 Å². The third-order valence-electron chi connectivity index (χ3n) is 8.99. The Kier molecular flexibility index (Phi) is 3.09. The molecule has 4 aliphatic rings. The Hall–Kier alpha value is -4.37. The average molecular weight is 492 g/mol. The molecule has 2 fully saturated rings. The van der Waals surface area contributed by atoms with Gasteiger partial charge in [-0.05, 0) is 24.6 Å². The molecule has 5 aromatic rings. The first-order valence-corrected chi connectivity index (χ1v) is 12.4. The minimum atomic E-state index is -1.54. The van der Waals surface area contributed by atoms with Gasteiger partial charge in [0.15, 0.2) is 5.72 Å². The fourth-order valence-electron chi connectivity index (χ4n) is 7.47. The molecule has 4 aliphatic heterocycles. The molecule has 0 radical (unpaired) electrons. The van der Waals surface area contributed by atoms with Gasteiger partial charge >= 0.3 is 6.09 Å². The number of carbonyl (C=O) groups is 3. The fraction of sp³-hybridized carbons (Fsp3) is 0.250. The van der Waals surface area contributed by atoms with Crippen molar-refractivity contribution in [2.75, 3.05) is 7.05 Å². The van der Waals surface area contributed by atoms with Crippen LogP contribution in [0.4, 0.5) is 4.79 Å². The van der Waals surface area contributed by atoms with Crippen molar-refractivity contribution in [2.24, 2.45) is 0 Å². The van der Waals surface area contributed by atoms with Crippen molar-refractivity contribution in [3.8, 4) is 0 Å². The molecule has 3 amide bonds. The first-order valence-electron chi connectivity index (χ1n) is 12.4. The summed E-state index contributed by atoms with van der Waals surface area (Å²) >= 11 is 0. The Bertz CT molecular complexity index is 1990. The lowest BCUT2D eigenvalue weighted by molar-refractivity contribution is -0.178. The van der Waals surface area contributed by atoms with Gasteiger partial charge in [-0.3, -0.25) is 9.59 Å². The van der Waals surface area contributed by atoms with Gasteiger partial charge < -0.3 is 23.9 Å². The highest BCUT2D eigenvalue weighted by Crippen LogP contribution is 2.60. The van der Waals surface area contributed by atoms with E-state index in [1.165, 1.54) is 7.05 Å². The maximum atomic E-state index is 13.8. The maximum Gasteiger partial charge on any atom is 0.417 e. The van der Waals surface area contributed by atoms with E-state index in [0.717, 1.165) is 54.1 Å². The standard InChI is InChI=1S/C28H20N4O5/c1-27-28(25(34)30(2)26(35)37-28)11-18(36-27)31-16-9-5-3-7-13(16)20-21-15(12-29-24(21)33)19-14-8-4-6-10-17(14)32(27)23(19)22(20)31/h3-10,18H,11-12H2,1-2H3,(H,29,33). The Morgan fingerprint density at radius 1 is 0.946 bits per heavy atom. The van der Waals surface area contributed by atoms with E-state index in [2.05, 4.69) is 14.5 Å². The monoisotopic (exact) mass is 492 g/mol. The van der Waals surface area contributed by atoms with Crippen molar-refractivity contribution in [3.63, 3.8) is 0 Å². The van der Waals surface area contributed by atoms with E-state index < -0.39 is 29.6 Å². The predicted octanol–water partition coefficient (Wildman–Crippen LogP) is 4.10. The minimum Gasteiger partial charge on any atom is -0.427 e. The van der Waals surface area contributed by atoms with Crippen LogP contribution < -0.4 is 5.32 Å². The normalized spacial score (nSPS) is 27.9. The highest BCUT2D eigenvalue weighted by atomic mass is 16.6. The van der Waals surface area contributed by atoms with Crippen LogP contribution in [0.15, 0.2) is 48.5 Å². The molecule has 0 aliphatic carbocycles. The van der Waals surface area contributed by atoms with Crippen LogP contribution >= 0.6 is 0 Å². The number of rotatable bonds is 0. The highest BCUT2D eigenvalue weighted by molar-refractivity contribution is 6.31. The molecule has 0 saturated carbocycles. The van der Waals surface area contributed by atoms with Crippen LogP contribution in [0.3, 0.4) is 0 Å². The zero-order chi connectivity index (χ0) is 25.0. The van der Waals surface area contributed by atoms with Gasteiger partial charge in [0.25, 0.3) is 11.8 Å². The number of aromatic nitrogens is 2. The van der Waals surface area contributed by atoms with Gasteiger partial charge in [-0.25, -0.2) is 9.69 Å². The highest BCUT2D eigenvalue weighted by Gasteiger charge is 2.72. The first kappa shape index (κ1) is 19.8. The Morgan fingerprint density at radius 3 is 2.38 bits per heavy atom. The van der Waals surface area contributed by atoms with Crippen LogP contribution in [-0.2, 0) is 26.5 Å². The number of fused-ring (bicyclic) bond motifs is 14. The summed E-state index contributed by atoms with van der Waals surface area (Å²) in [5.41, 5.74) is 2.30. The topological polar surface area (TPSA) is 94.8 Å². The van der Waals surface area contributed by atoms with Crippen LogP contribution in [0.5, 0.6) is 0 Å². The molecule has 6 heterocycles. The molecule has 9 rings (SSSR count). The van der Waals surface area contributed by atoms with Crippen molar-refractivity contribution in [3.05, 3.63) is 59.7 Å². The lowest BCUT2D eigenvalue weighted by Crippen LogP contribution is -2.56. The number of likely N-dealkylation sites (N-methyl/N-ethyl adjacent to an activating group) is 1. The molecular formula is C28H20N4O5. The van der Waals surface area contributed by atoms with Gasteiger partial charge in [0.05, 0.1) is 27.6 Å².